The molecule has 3 atom stereocenters. The quantitative estimate of drug-likeness (QED) is 0.785. The molecule has 0 saturated carbocycles. The van der Waals surface area contributed by atoms with Gasteiger partial charge in [0.2, 0.25) is 0 Å². The summed E-state index contributed by atoms with van der Waals surface area (Å²) < 4.78 is 0. The number of carboxylic acids is 1. The first-order chi connectivity index (χ1) is 7.95. The molecule has 2 amide bonds. The van der Waals surface area contributed by atoms with E-state index in [1.54, 1.807) is 4.90 Å². The van der Waals surface area contributed by atoms with Gasteiger partial charge in [-0.05, 0) is 19.3 Å². The fraction of sp³-hybridized carbons (Fsp3) is 0.833. The fourth-order valence-electron chi connectivity index (χ4n) is 2.26. The number of hydrogen-bond donors (Lipinski definition) is 2. The van der Waals surface area contributed by atoms with E-state index in [0.717, 1.165) is 12.8 Å². The van der Waals surface area contributed by atoms with Gasteiger partial charge < -0.3 is 15.3 Å². The van der Waals surface area contributed by atoms with Crippen LogP contribution in [0.4, 0.5) is 4.79 Å². The first kappa shape index (κ1) is 13.8. The minimum Gasteiger partial charge on any atom is -0.481 e. The lowest BCUT2D eigenvalue weighted by molar-refractivity contribution is -0.142. The summed E-state index contributed by atoms with van der Waals surface area (Å²) in [6, 6.07) is 0.00762. The highest BCUT2D eigenvalue weighted by Crippen LogP contribution is 2.23. The van der Waals surface area contributed by atoms with Gasteiger partial charge in [0.1, 0.15) is 0 Å². The van der Waals surface area contributed by atoms with Crippen molar-refractivity contribution in [3.05, 3.63) is 0 Å². The van der Waals surface area contributed by atoms with Crippen LogP contribution in [0.2, 0.25) is 0 Å². The van der Waals surface area contributed by atoms with Crippen LogP contribution in [0.5, 0.6) is 0 Å². The van der Waals surface area contributed by atoms with Crippen molar-refractivity contribution in [3.63, 3.8) is 0 Å². The third kappa shape index (κ3) is 3.61. The summed E-state index contributed by atoms with van der Waals surface area (Å²) in [5.74, 6) is -1.21. The lowest BCUT2D eigenvalue weighted by atomic mass is 9.99. The third-order valence-corrected chi connectivity index (χ3v) is 3.31. The first-order valence-electron chi connectivity index (χ1n) is 6.24. The van der Waals surface area contributed by atoms with Gasteiger partial charge in [0, 0.05) is 19.1 Å². The average molecular weight is 242 g/mol. The average Bonchev–Trinajstić information content (AvgIpc) is 2.60. The van der Waals surface area contributed by atoms with Gasteiger partial charge in [0.05, 0.1) is 5.92 Å². The van der Waals surface area contributed by atoms with Gasteiger partial charge in [0.15, 0.2) is 0 Å². The Balaban J connectivity index is 2.47. The van der Waals surface area contributed by atoms with E-state index < -0.39 is 11.9 Å². The molecular formula is C12H22N2O3. The summed E-state index contributed by atoms with van der Waals surface area (Å²) in [4.78, 5) is 24.4. The molecule has 0 bridgehead atoms. The summed E-state index contributed by atoms with van der Waals surface area (Å²) in [6.07, 6.45) is 1.97. The molecular weight excluding hydrogens is 220 g/mol. The van der Waals surface area contributed by atoms with Crippen LogP contribution in [0, 0.1) is 11.8 Å². The lowest BCUT2D eigenvalue weighted by Gasteiger charge is -2.20. The molecule has 0 aromatic rings. The van der Waals surface area contributed by atoms with Crippen molar-refractivity contribution in [2.45, 2.75) is 39.7 Å². The second-order valence-electron chi connectivity index (χ2n) is 4.97. The number of hydrogen-bond acceptors (Lipinski definition) is 2. The zero-order valence-corrected chi connectivity index (χ0v) is 10.8. The minimum atomic E-state index is -0.811. The zero-order chi connectivity index (χ0) is 13.0. The van der Waals surface area contributed by atoms with Gasteiger partial charge in [-0.2, -0.15) is 0 Å². The number of carbonyl (C=O) groups is 2. The smallest absolute Gasteiger partial charge is 0.317 e. The second kappa shape index (κ2) is 5.89. The normalized spacial score (nSPS) is 25.7. The molecule has 0 radical (unpaired) electrons. The molecule has 1 aliphatic rings. The minimum absolute atomic E-state index is 0.0275. The largest absolute Gasteiger partial charge is 0.481 e. The van der Waals surface area contributed by atoms with Gasteiger partial charge in [-0.1, -0.05) is 20.3 Å². The SMILES string of the molecule is CCCC(C)NC(=O)N1C[C@@H](C)[C@H](C(=O)O)C1. The van der Waals surface area contributed by atoms with E-state index in [-0.39, 0.29) is 18.0 Å². The maximum absolute atomic E-state index is 11.9. The number of nitrogens with zero attached hydrogens (tertiary/aromatic N) is 1. The predicted octanol–water partition coefficient (Wildman–Crippen LogP) is 1.54. The van der Waals surface area contributed by atoms with Crippen molar-refractivity contribution in [1.82, 2.24) is 10.2 Å². The molecule has 0 spiro atoms. The van der Waals surface area contributed by atoms with Gasteiger partial charge in [-0.25, -0.2) is 4.79 Å². The molecule has 1 rings (SSSR count). The standard InChI is InChI=1S/C12H22N2O3/c1-4-5-9(3)13-12(17)14-6-8(2)10(7-14)11(15)16/h8-10H,4-7H2,1-3H3,(H,13,17)(H,15,16)/t8-,9?,10-/m1/s1. The van der Waals surface area contributed by atoms with Crippen LogP contribution in [-0.4, -0.2) is 41.1 Å². The lowest BCUT2D eigenvalue weighted by Crippen LogP contribution is -2.43. The number of likely N-dealkylation sites (tertiary alicyclic amines) is 1. The second-order valence-corrected chi connectivity index (χ2v) is 4.97. The molecule has 1 aliphatic heterocycles. The monoisotopic (exact) mass is 242 g/mol. The molecule has 1 unspecified atom stereocenters. The molecule has 2 N–H and O–H groups in total. The van der Waals surface area contributed by atoms with Crippen LogP contribution in [0.25, 0.3) is 0 Å². The topological polar surface area (TPSA) is 69.6 Å². The molecule has 0 aliphatic carbocycles. The Hall–Kier alpha value is -1.26. The van der Waals surface area contributed by atoms with Gasteiger partial charge in [-0.3, -0.25) is 4.79 Å². The molecule has 0 aromatic carbocycles. The van der Waals surface area contributed by atoms with Crippen molar-refractivity contribution in [2.75, 3.05) is 13.1 Å². The number of carboxylic acid groups (broad SMARTS) is 1. The summed E-state index contributed by atoms with van der Waals surface area (Å²) in [5, 5.41) is 11.9. The first-order valence-corrected chi connectivity index (χ1v) is 6.24. The van der Waals surface area contributed by atoms with E-state index >= 15 is 0 Å². The van der Waals surface area contributed by atoms with Gasteiger partial charge >= 0.3 is 12.0 Å². The molecule has 98 valence electrons. The molecule has 1 heterocycles. The van der Waals surface area contributed by atoms with Crippen molar-refractivity contribution < 1.29 is 14.7 Å². The Morgan fingerprint density at radius 1 is 1.47 bits per heavy atom. The summed E-state index contributed by atoms with van der Waals surface area (Å²) in [6.45, 7) is 6.76. The van der Waals surface area contributed by atoms with Crippen molar-refractivity contribution >= 4 is 12.0 Å². The Morgan fingerprint density at radius 3 is 2.59 bits per heavy atom. The number of carbonyl (C=O) groups excluding carboxylic acids is 1. The third-order valence-electron chi connectivity index (χ3n) is 3.31. The van der Waals surface area contributed by atoms with Crippen LogP contribution < -0.4 is 5.32 Å². The molecule has 17 heavy (non-hydrogen) atoms. The van der Waals surface area contributed by atoms with Crippen LogP contribution in [0.3, 0.4) is 0 Å². The summed E-state index contributed by atoms with van der Waals surface area (Å²) >= 11 is 0. The number of rotatable bonds is 4. The summed E-state index contributed by atoms with van der Waals surface area (Å²) in [5.41, 5.74) is 0. The van der Waals surface area contributed by atoms with E-state index in [9.17, 15) is 9.59 Å². The van der Waals surface area contributed by atoms with Crippen molar-refractivity contribution in [2.24, 2.45) is 11.8 Å². The van der Waals surface area contributed by atoms with Crippen LogP contribution in [0.1, 0.15) is 33.6 Å². The number of nitrogens with one attached hydrogen (secondary N) is 1. The molecule has 1 fully saturated rings. The fourth-order valence-corrected chi connectivity index (χ4v) is 2.26. The summed E-state index contributed by atoms with van der Waals surface area (Å²) in [7, 11) is 0. The predicted molar refractivity (Wildman–Crippen MR) is 64.8 cm³/mol. The van der Waals surface area contributed by atoms with E-state index in [4.69, 9.17) is 5.11 Å². The van der Waals surface area contributed by atoms with Crippen molar-refractivity contribution in [1.29, 1.82) is 0 Å². The van der Waals surface area contributed by atoms with Gasteiger partial charge in [0.25, 0.3) is 0 Å². The molecule has 5 nitrogen and oxygen atoms in total. The number of urea groups is 1. The van der Waals surface area contributed by atoms with E-state index in [1.165, 1.54) is 0 Å². The van der Waals surface area contributed by atoms with E-state index in [0.29, 0.717) is 13.1 Å². The highest BCUT2D eigenvalue weighted by Gasteiger charge is 2.37. The van der Waals surface area contributed by atoms with E-state index in [2.05, 4.69) is 12.2 Å². The Morgan fingerprint density at radius 2 is 2.12 bits per heavy atom. The molecule has 1 saturated heterocycles. The molecule has 5 heteroatoms. The Bertz CT molecular complexity index is 293. The van der Waals surface area contributed by atoms with Crippen LogP contribution in [-0.2, 0) is 4.79 Å². The maximum atomic E-state index is 11.9. The Kier molecular flexibility index (Phi) is 4.78. The number of aliphatic carboxylic acids is 1. The van der Waals surface area contributed by atoms with E-state index in [1.807, 2.05) is 13.8 Å². The molecule has 0 aromatic heterocycles. The van der Waals surface area contributed by atoms with Crippen LogP contribution >= 0.6 is 0 Å². The van der Waals surface area contributed by atoms with Gasteiger partial charge in [-0.15, -0.1) is 0 Å². The maximum Gasteiger partial charge on any atom is 0.317 e. The zero-order valence-electron chi connectivity index (χ0n) is 10.8. The Labute approximate surface area is 102 Å². The number of amides is 2. The van der Waals surface area contributed by atoms with Crippen molar-refractivity contribution in [3.8, 4) is 0 Å². The highest BCUT2D eigenvalue weighted by molar-refractivity contribution is 5.77. The van der Waals surface area contributed by atoms with Crippen LogP contribution in [0.15, 0.2) is 0 Å². The highest BCUT2D eigenvalue weighted by atomic mass is 16.4.